The van der Waals surface area contributed by atoms with Gasteiger partial charge in [0.1, 0.15) is 11.2 Å². The van der Waals surface area contributed by atoms with Crippen LogP contribution in [-0.2, 0) is 14.3 Å². The largest absolute Gasteiger partial charge is 0.460 e. The van der Waals surface area contributed by atoms with E-state index in [1.165, 1.54) is 0 Å². The number of ether oxygens (including phenoxy) is 2. The van der Waals surface area contributed by atoms with Crippen molar-refractivity contribution < 1.29 is 19.4 Å². The second-order valence-corrected chi connectivity index (χ2v) is 5.33. The third-order valence-electron chi connectivity index (χ3n) is 2.47. The monoisotopic (exact) mass is 231 g/mol. The highest BCUT2D eigenvalue weighted by Gasteiger charge is 2.42. The van der Waals surface area contributed by atoms with E-state index in [2.05, 4.69) is 0 Å². The highest BCUT2D eigenvalue weighted by atomic mass is 16.6. The van der Waals surface area contributed by atoms with Gasteiger partial charge in [0.15, 0.2) is 0 Å². The fourth-order valence-corrected chi connectivity index (χ4v) is 1.46. The molecule has 0 amide bonds. The first-order valence-corrected chi connectivity index (χ1v) is 5.50. The molecular formula is C11H21NO4. The number of hydrogen-bond donors (Lipinski definition) is 2. The van der Waals surface area contributed by atoms with Gasteiger partial charge in [0, 0.05) is 12.5 Å². The van der Waals surface area contributed by atoms with Gasteiger partial charge in [-0.25, -0.2) is 0 Å². The molecule has 1 aliphatic rings. The van der Waals surface area contributed by atoms with E-state index in [0.717, 1.165) is 0 Å². The number of aliphatic hydroxyl groups is 1. The summed E-state index contributed by atoms with van der Waals surface area (Å²) in [6.07, 6.45) is 0.634. The summed E-state index contributed by atoms with van der Waals surface area (Å²) < 4.78 is 10.0. The van der Waals surface area contributed by atoms with E-state index in [1.54, 1.807) is 0 Å². The zero-order valence-corrected chi connectivity index (χ0v) is 10.2. The minimum atomic E-state index is -0.956. The highest BCUT2D eigenvalue weighted by molar-refractivity contribution is 5.69. The molecule has 0 aliphatic carbocycles. The van der Waals surface area contributed by atoms with Crippen LogP contribution in [0.1, 0.15) is 33.6 Å². The van der Waals surface area contributed by atoms with Crippen LogP contribution in [0, 0.1) is 0 Å². The Labute approximate surface area is 95.9 Å². The van der Waals surface area contributed by atoms with Crippen LogP contribution in [0.25, 0.3) is 0 Å². The van der Waals surface area contributed by atoms with Crippen LogP contribution in [0.2, 0.25) is 0 Å². The van der Waals surface area contributed by atoms with Crippen LogP contribution in [0.4, 0.5) is 0 Å². The van der Waals surface area contributed by atoms with Crippen molar-refractivity contribution in [3.8, 4) is 0 Å². The van der Waals surface area contributed by atoms with Crippen molar-refractivity contribution in [2.75, 3.05) is 13.2 Å². The maximum atomic E-state index is 11.4. The van der Waals surface area contributed by atoms with Gasteiger partial charge in [0.2, 0.25) is 0 Å². The summed E-state index contributed by atoms with van der Waals surface area (Å²) in [5.74, 6) is -0.285. The molecule has 0 unspecified atom stereocenters. The second-order valence-electron chi connectivity index (χ2n) is 5.33. The molecule has 5 heteroatoms. The molecule has 94 valence electrons. The molecule has 1 saturated heterocycles. The van der Waals surface area contributed by atoms with Crippen molar-refractivity contribution in [3.63, 3.8) is 0 Å². The van der Waals surface area contributed by atoms with E-state index in [4.69, 9.17) is 15.2 Å². The predicted molar refractivity (Wildman–Crippen MR) is 58.8 cm³/mol. The summed E-state index contributed by atoms with van der Waals surface area (Å²) in [4.78, 5) is 11.4. The van der Waals surface area contributed by atoms with Gasteiger partial charge in [-0.05, 0) is 27.2 Å². The minimum Gasteiger partial charge on any atom is -0.460 e. The van der Waals surface area contributed by atoms with Gasteiger partial charge in [-0.15, -0.1) is 0 Å². The van der Waals surface area contributed by atoms with E-state index in [1.807, 2.05) is 20.8 Å². The topological polar surface area (TPSA) is 81.8 Å². The molecule has 0 aromatic carbocycles. The smallest absolute Gasteiger partial charge is 0.306 e. The summed E-state index contributed by atoms with van der Waals surface area (Å²) >= 11 is 0. The van der Waals surface area contributed by atoms with Crippen molar-refractivity contribution in [1.29, 1.82) is 0 Å². The van der Waals surface area contributed by atoms with Gasteiger partial charge in [-0.1, -0.05) is 0 Å². The Morgan fingerprint density at radius 1 is 1.56 bits per heavy atom. The zero-order valence-electron chi connectivity index (χ0n) is 10.2. The maximum Gasteiger partial charge on any atom is 0.306 e. The van der Waals surface area contributed by atoms with Gasteiger partial charge in [0.25, 0.3) is 0 Å². The van der Waals surface area contributed by atoms with Crippen LogP contribution in [-0.4, -0.2) is 41.5 Å². The SMILES string of the molecule is CC(C)(C)OC(=O)CC[C@@H](N)C1(O)COC1. The Morgan fingerprint density at radius 3 is 2.50 bits per heavy atom. The van der Waals surface area contributed by atoms with E-state index in [-0.39, 0.29) is 25.6 Å². The molecule has 1 rings (SSSR count). The lowest BCUT2D eigenvalue weighted by Crippen LogP contribution is -2.61. The molecule has 1 heterocycles. The van der Waals surface area contributed by atoms with E-state index in [0.29, 0.717) is 6.42 Å². The molecular weight excluding hydrogens is 210 g/mol. The van der Waals surface area contributed by atoms with E-state index < -0.39 is 17.2 Å². The van der Waals surface area contributed by atoms with Crippen LogP contribution >= 0.6 is 0 Å². The Balaban J connectivity index is 2.26. The molecule has 0 aromatic heterocycles. The van der Waals surface area contributed by atoms with Crippen molar-refractivity contribution in [2.45, 2.75) is 50.9 Å². The number of rotatable bonds is 4. The van der Waals surface area contributed by atoms with Crippen LogP contribution in [0.5, 0.6) is 0 Å². The third kappa shape index (κ3) is 3.73. The Bertz CT molecular complexity index is 255. The normalized spacial score (nSPS) is 21.1. The quantitative estimate of drug-likeness (QED) is 0.675. The van der Waals surface area contributed by atoms with Gasteiger partial charge in [-0.3, -0.25) is 4.79 Å². The number of hydrogen-bond acceptors (Lipinski definition) is 5. The fraction of sp³-hybridized carbons (Fsp3) is 0.909. The first-order valence-electron chi connectivity index (χ1n) is 5.50. The molecule has 1 aliphatic heterocycles. The highest BCUT2D eigenvalue weighted by Crippen LogP contribution is 2.22. The van der Waals surface area contributed by atoms with Crippen molar-refractivity contribution in [3.05, 3.63) is 0 Å². The predicted octanol–water partition coefficient (Wildman–Crippen LogP) is 0.197. The lowest BCUT2D eigenvalue weighted by atomic mass is 9.90. The second kappa shape index (κ2) is 4.69. The molecule has 5 nitrogen and oxygen atoms in total. The summed E-state index contributed by atoms with van der Waals surface area (Å²) in [5, 5.41) is 9.82. The molecule has 1 atom stereocenters. The van der Waals surface area contributed by atoms with Crippen LogP contribution < -0.4 is 5.73 Å². The minimum absolute atomic E-state index is 0.223. The molecule has 0 aromatic rings. The lowest BCUT2D eigenvalue weighted by molar-refractivity contribution is -0.191. The molecule has 1 fully saturated rings. The summed E-state index contributed by atoms with van der Waals surface area (Å²) in [6, 6.07) is -0.436. The Hall–Kier alpha value is -0.650. The molecule has 0 spiro atoms. The summed E-state index contributed by atoms with van der Waals surface area (Å²) in [7, 11) is 0. The number of carbonyl (C=O) groups is 1. The molecule has 0 bridgehead atoms. The van der Waals surface area contributed by atoms with Crippen LogP contribution in [0.15, 0.2) is 0 Å². The molecule has 16 heavy (non-hydrogen) atoms. The van der Waals surface area contributed by atoms with E-state index >= 15 is 0 Å². The standard InChI is InChI=1S/C11H21NO4/c1-10(2,3)16-9(13)5-4-8(12)11(14)6-15-7-11/h8,14H,4-7,12H2,1-3H3/t8-/m1/s1. The Morgan fingerprint density at radius 2 is 2.12 bits per heavy atom. The molecule has 0 radical (unpaired) electrons. The van der Waals surface area contributed by atoms with Crippen molar-refractivity contribution in [1.82, 2.24) is 0 Å². The van der Waals surface area contributed by atoms with Gasteiger partial charge in [0.05, 0.1) is 13.2 Å². The zero-order chi connectivity index (χ0) is 12.4. The van der Waals surface area contributed by atoms with E-state index in [9.17, 15) is 9.90 Å². The summed E-state index contributed by atoms with van der Waals surface area (Å²) in [5.41, 5.74) is 4.36. The van der Waals surface area contributed by atoms with Crippen molar-refractivity contribution >= 4 is 5.97 Å². The first kappa shape index (κ1) is 13.4. The number of nitrogens with two attached hydrogens (primary N) is 1. The van der Waals surface area contributed by atoms with Crippen molar-refractivity contribution in [2.24, 2.45) is 5.73 Å². The molecule has 0 saturated carbocycles. The third-order valence-corrected chi connectivity index (χ3v) is 2.47. The average molecular weight is 231 g/mol. The van der Waals surface area contributed by atoms with Crippen LogP contribution in [0.3, 0.4) is 0 Å². The number of carbonyl (C=O) groups excluding carboxylic acids is 1. The van der Waals surface area contributed by atoms with Gasteiger partial charge >= 0.3 is 5.97 Å². The average Bonchev–Trinajstić information content (AvgIpc) is 2.07. The maximum absolute atomic E-state index is 11.4. The van der Waals surface area contributed by atoms with Gasteiger partial charge in [-0.2, -0.15) is 0 Å². The first-order chi connectivity index (χ1) is 7.23. The summed E-state index contributed by atoms with van der Waals surface area (Å²) in [6.45, 7) is 5.96. The molecule has 3 N–H and O–H groups in total. The number of esters is 1. The fourth-order valence-electron chi connectivity index (χ4n) is 1.46. The lowest BCUT2D eigenvalue weighted by Gasteiger charge is -2.40. The Kier molecular flexibility index (Phi) is 3.93. The van der Waals surface area contributed by atoms with Gasteiger partial charge < -0.3 is 20.3 Å².